The number of nitro benzene ring substituents is 1. The number of halogens is 1. The van der Waals surface area contributed by atoms with Crippen molar-refractivity contribution in [3.63, 3.8) is 0 Å². The highest BCUT2D eigenvalue weighted by Gasteiger charge is 2.12. The van der Waals surface area contributed by atoms with E-state index in [-0.39, 0.29) is 17.3 Å². The summed E-state index contributed by atoms with van der Waals surface area (Å²) in [7, 11) is 0. The number of fused-ring (bicyclic) bond motifs is 1. The number of aryl methyl sites for hydroxylation is 1. The number of nitrogens with zero attached hydrogens (tertiary/aromatic N) is 1. The van der Waals surface area contributed by atoms with Gasteiger partial charge in [0.1, 0.15) is 17.9 Å². The van der Waals surface area contributed by atoms with E-state index in [1.165, 1.54) is 24.3 Å². The van der Waals surface area contributed by atoms with Crippen molar-refractivity contribution in [2.24, 2.45) is 0 Å². The molecule has 0 saturated carbocycles. The van der Waals surface area contributed by atoms with Crippen molar-refractivity contribution in [3.05, 3.63) is 79.1 Å². The summed E-state index contributed by atoms with van der Waals surface area (Å²) in [4.78, 5) is 21.9. The molecule has 0 unspecified atom stereocenters. The molecule has 0 fully saturated rings. The second kappa shape index (κ2) is 6.33. The Bertz CT molecular complexity index is 996. The van der Waals surface area contributed by atoms with Gasteiger partial charge in [0, 0.05) is 29.1 Å². The number of nitro groups is 1. The van der Waals surface area contributed by atoms with Crippen molar-refractivity contribution in [2.75, 3.05) is 0 Å². The molecule has 6 nitrogen and oxygen atoms in total. The van der Waals surface area contributed by atoms with Gasteiger partial charge < -0.3 is 9.15 Å². The van der Waals surface area contributed by atoms with Gasteiger partial charge in [0.15, 0.2) is 0 Å². The number of benzene rings is 2. The van der Waals surface area contributed by atoms with Gasteiger partial charge in [-0.25, -0.2) is 4.79 Å². The lowest BCUT2D eigenvalue weighted by molar-refractivity contribution is -0.384. The quantitative estimate of drug-likeness (QED) is 0.401. The highest BCUT2D eigenvalue weighted by Crippen LogP contribution is 2.30. The summed E-state index contributed by atoms with van der Waals surface area (Å²) in [5.41, 5.74) is 1.52. The molecule has 2 aromatic carbocycles. The van der Waals surface area contributed by atoms with Crippen molar-refractivity contribution in [3.8, 4) is 5.75 Å². The molecule has 0 aliphatic carbocycles. The van der Waals surface area contributed by atoms with Crippen molar-refractivity contribution in [2.45, 2.75) is 13.5 Å². The van der Waals surface area contributed by atoms with Gasteiger partial charge in [0.25, 0.3) is 5.69 Å². The Morgan fingerprint density at radius 1 is 1.21 bits per heavy atom. The topological polar surface area (TPSA) is 82.6 Å². The summed E-state index contributed by atoms with van der Waals surface area (Å²) in [5.74, 6) is 0.302. The maximum Gasteiger partial charge on any atom is 0.336 e. The summed E-state index contributed by atoms with van der Waals surface area (Å²) in [6.07, 6.45) is 0. The fourth-order valence-electron chi connectivity index (χ4n) is 2.33. The smallest absolute Gasteiger partial charge is 0.336 e. The fraction of sp³-hybridized carbons (Fsp3) is 0.118. The predicted molar refractivity (Wildman–Crippen MR) is 89.7 cm³/mol. The molecule has 24 heavy (non-hydrogen) atoms. The summed E-state index contributed by atoms with van der Waals surface area (Å²) < 4.78 is 10.8. The number of hydrogen-bond donors (Lipinski definition) is 0. The van der Waals surface area contributed by atoms with Gasteiger partial charge in [0.2, 0.25) is 0 Å². The lowest BCUT2D eigenvalue weighted by atomic mass is 10.1. The third-order valence-electron chi connectivity index (χ3n) is 3.50. The van der Waals surface area contributed by atoms with Crippen molar-refractivity contribution >= 4 is 28.3 Å². The Kier molecular flexibility index (Phi) is 4.22. The molecule has 0 amide bonds. The molecule has 0 spiro atoms. The molecular weight excluding hydrogens is 334 g/mol. The molecular formula is C17H12ClNO5. The normalized spacial score (nSPS) is 10.8. The zero-order valence-electron chi connectivity index (χ0n) is 12.6. The number of non-ortho nitro benzene ring substituents is 1. The zero-order chi connectivity index (χ0) is 17.3. The van der Waals surface area contributed by atoms with E-state index in [0.717, 1.165) is 10.9 Å². The van der Waals surface area contributed by atoms with Crippen LogP contribution in [0.5, 0.6) is 5.75 Å². The molecule has 1 heterocycles. The second-order valence-corrected chi connectivity index (χ2v) is 5.66. The summed E-state index contributed by atoms with van der Waals surface area (Å²) in [6.45, 7) is 1.99. The number of rotatable bonds is 4. The lowest BCUT2D eigenvalue weighted by Crippen LogP contribution is -2.04. The van der Waals surface area contributed by atoms with E-state index in [1.54, 1.807) is 6.07 Å². The Morgan fingerprint density at radius 2 is 2.00 bits per heavy atom. The molecule has 0 bridgehead atoms. The highest BCUT2D eigenvalue weighted by atomic mass is 35.5. The largest absolute Gasteiger partial charge is 0.487 e. The van der Waals surface area contributed by atoms with Crippen LogP contribution in [0.3, 0.4) is 0 Å². The molecule has 7 heteroatoms. The summed E-state index contributed by atoms with van der Waals surface area (Å²) >= 11 is 6.00. The Labute approximate surface area is 141 Å². The van der Waals surface area contributed by atoms with Gasteiger partial charge >= 0.3 is 5.63 Å². The van der Waals surface area contributed by atoms with Crippen molar-refractivity contribution < 1.29 is 14.1 Å². The molecule has 0 atom stereocenters. The van der Waals surface area contributed by atoms with Crippen LogP contribution in [0.15, 0.2) is 51.7 Å². The van der Waals surface area contributed by atoms with Gasteiger partial charge in [-0.05, 0) is 24.6 Å². The molecule has 0 N–H and O–H groups in total. The van der Waals surface area contributed by atoms with Crippen LogP contribution >= 0.6 is 11.6 Å². The molecule has 0 radical (unpaired) electrons. The van der Waals surface area contributed by atoms with Gasteiger partial charge in [-0.15, -0.1) is 0 Å². The van der Waals surface area contributed by atoms with Crippen LogP contribution in [0.2, 0.25) is 5.02 Å². The first-order valence-corrected chi connectivity index (χ1v) is 7.42. The van der Waals surface area contributed by atoms with E-state index >= 15 is 0 Å². The number of ether oxygens (including phenoxy) is 1. The molecule has 1 aromatic heterocycles. The molecule has 122 valence electrons. The van der Waals surface area contributed by atoms with Crippen LogP contribution in [-0.4, -0.2) is 4.92 Å². The van der Waals surface area contributed by atoms with E-state index < -0.39 is 10.5 Å². The maximum atomic E-state index is 11.7. The third-order valence-corrected chi connectivity index (χ3v) is 3.79. The second-order valence-electron chi connectivity index (χ2n) is 5.25. The van der Waals surface area contributed by atoms with E-state index in [4.69, 9.17) is 20.8 Å². The van der Waals surface area contributed by atoms with Gasteiger partial charge in [-0.1, -0.05) is 23.7 Å². The van der Waals surface area contributed by atoms with Crippen LogP contribution in [0.25, 0.3) is 11.0 Å². The minimum atomic E-state index is -0.534. The number of hydrogen-bond acceptors (Lipinski definition) is 5. The monoisotopic (exact) mass is 345 g/mol. The van der Waals surface area contributed by atoms with Gasteiger partial charge in [-0.3, -0.25) is 10.1 Å². The van der Waals surface area contributed by atoms with E-state index in [0.29, 0.717) is 16.9 Å². The van der Waals surface area contributed by atoms with Crippen LogP contribution in [0.4, 0.5) is 5.69 Å². The Morgan fingerprint density at radius 3 is 2.71 bits per heavy atom. The molecule has 0 aliphatic rings. The Hall–Kier alpha value is -2.86. The first-order chi connectivity index (χ1) is 11.4. The first-order valence-electron chi connectivity index (χ1n) is 7.04. The fourth-order valence-corrected chi connectivity index (χ4v) is 2.56. The zero-order valence-corrected chi connectivity index (χ0v) is 13.4. The van der Waals surface area contributed by atoms with Crippen molar-refractivity contribution in [1.82, 2.24) is 0 Å². The maximum absolute atomic E-state index is 11.7. The van der Waals surface area contributed by atoms with Crippen LogP contribution in [0.1, 0.15) is 11.1 Å². The van der Waals surface area contributed by atoms with E-state index in [1.807, 2.05) is 19.1 Å². The standard InChI is InChI=1S/C17H12ClNO5/c1-10-2-4-13-11(7-17(20)24-16(13)6-10)9-23-15-5-3-12(19(21)22)8-14(15)18/h2-8H,9H2,1H3. The molecule has 0 saturated heterocycles. The molecule has 0 aliphatic heterocycles. The molecule has 3 aromatic rings. The SMILES string of the molecule is Cc1ccc2c(COc3ccc([N+](=O)[O-])cc3Cl)cc(=O)oc2c1. The Balaban J connectivity index is 1.91. The first kappa shape index (κ1) is 16.0. The minimum absolute atomic E-state index is 0.0860. The van der Waals surface area contributed by atoms with Crippen LogP contribution in [-0.2, 0) is 6.61 Å². The van der Waals surface area contributed by atoms with Gasteiger partial charge in [0.05, 0.1) is 9.95 Å². The summed E-state index contributed by atoms with van der Waals surface area (Å²) in [6, 6.07) is 10.8. The van der Waals surface area contributed by atoms with E-state index in [2.05, 4.69) is 0 Å². The van der Waals surface area contributed by atoms with Gasteiger partial charge in [-0.2, -0.15) is 0 Å². The van der Waals surface area contributed by atoms with E-state index in [9.17, 15) is 14.9 Å². The average Bonchev–Trinajstić information content (AvgIpc) is 2.52. The third kappa shape index (κ3) is 3.23. The minimum Gasteiger partial charge on any atom is -0.487 e. The van der Waals surface area contributed by atoms with Crippen LogP contribution < -0.4 is 10.4 Å². The highest BCUT2D eigenvalue weighted by molar-refractivity contribution is 6.32. The lowest BCUT2D eigenvalue weighted by Gasteiger charge is -2.10. The van der Waals surface area contributed by atoms with Crippen molar-refractivity contribution in [1.29, 1.82) is 0 Å². The van der Waals surface area contributed by atoms with Crippen LogP contribution in [0, 0.1) is 17.0 Å². The molecule has 3 rings (SSSR count). The predicted octanol–water partition coefficient (Wildman–Crippen LogP) is 4.24. The average molecular weight is 346 g/mol. The summed E-state index contributed by atoms with van der Waals surface area (Å²) in [5, 5.41) is 11.6.